The highest BCUT2D eigenvalue weighted by Gasteiger charge is 2.08. The number of hydrazone groups is 2. The minimum atomic E-state index is -0.378. The Bertz CT molecular complexity index is 1020. The van der Waals surface area contributed by atoms with Crippen LogP contribution in [0.15, 0.2) is 91.9 Å². The van der Waals surface area contributed by atoms with Crippen LogP contribution in [0.1, 0.15) is 31.8 Å². The van der Waals surface area contributed by atoms with Crippen molar-refractivity contribution in [2.75, 3.05) is 0 Å². The van der Waals surface area contributed by atoms with Crippen LogP contribution in [-0.4, -0.2) is 24.2 Å². The monoisotopic (exact) mass is 526 g/mol. The number of nitrogens with zero attached hydrogens (tertiary/aromatic N) is 2. The first-order valence-electron chi connectivity index (χ1n) is 8.80. The van der Waals surface area contributed by atoms with E-state index < -0.39 is 0 Å². The zero-order chi connectivity index (χ0) is 21.3. The fraction of sp³-hybridized carbons (Fsp3) is 0. The molecule has 0 saturated heterocycles. The van der Waals surface area contributed by atoms with Crippen molar-refractivity contribution < 1.29 is 9.59 Å². The number of hydrogen-bond acceptors (Lipinski definition) is 4. The summed E-state index contributed by atoms with van der Waals surface area (Å²) in [5.74, 6) is -0.755. The Morgan fingerprint density at radius 3 is 1.37 bits per heavy atom. The van der Waals surface area contributed by atoms with E-state index in [9.17, 15) is 9.59 Å². The third kappa shape index (κ3) is 5.95. The predicted octanol–water partition coefficient (Wildman–Crippen LogP) is 4.74. The summed E-state index contributed by atoms with van der Waals surface area (Å²) in [6.07, 6.45) is 3.10. The number of halogens is 2. The van der Waals surface area contributed by atoms with Crippen LogP contribution in [0, 0.1) is 0 Å². The molecule has 0 spiro atoms. The summed E-state index contributed by atoms with van der Waals surface area (Å²) in [5, 5.41) is 7.91. The molecule has 2 amide bonds. The quantitative estimate of drug-likeness (QED) is 0.358. The molecule has 0 aliphatic heterocycles. The summed E-state index contributed by atoms with van der Waals surface area (Å²) >= 11 is 6.82. The van der Waals surface area contributed by atoms with Crippen molar-refractivity contribution in [3.05, 3.63) is 104 Å². The van der Waals surface area contributed by atoms with E-state index in [1.165, 1.54) is 0 Å². The Morgan fingerprint density at radius 1 is 0.633 bits per heavy atom. The van der Waals surface area contributed by atoms with Gasteiger partial charge in [0.1, 0.15) is 0 Å². The Labute approximate surface area is 190 Å². The molecule has 3 aromatic rings. The first-order valence-corrected chi connectivity index (χ1v) is 10.4. The van der Waals surface area contributed by atoms with E-state index in [1.807, 2.05) is 48.5 Å². The molecule has 8 heteroatoms. The maximum Gasteiger partial charge on any atom is 0.271 e. The topological polar surface area (TPSA) is 82.9 Å². The lowest BCUT2D eigenvalue weighted by Gasteiger charge is -2.03. The molecule has 0 aliphatic carbocycles. The van der Waals surface area contributed by atoms with E-state index in [4.69, 9.17) is 0 Å². The van der Waals surface area contributed by atoms with Gasteiger partial charge in [-0.15, -0.1) is 0 Å². The van der Waals surface area contributed by atoms with Gasteiger partial charge in [0.05, 0.1) is 12.4 Å². The van der Waals surface area contributed by atoms with E-state index in [1.54, 1.807) is 36.7 Å². The van der Waals surface area contributed by atoms with E-state index in [0.29, 0.717) is 11.1 Å². The second-order valence-electron chi connectivity index (χ2n) is 6.02. The van der Waals surface area contributed by atoms with Crippen LogP contribution in [0.3, 0.4) is 0 Å². The highest BCUT2D eigenvalue weighted by molar-refractivity contribution is 9.10. The van der Waals surface area contributed by atoms with E-state index in [2.05, 4.69) is 52.9 Å². The van der Waals surface area contributed by atoms with Crippen LogP contribution in [0.25, 0.3) is 0 Å². The number of benzene rings is 3. The van der Waals surface area contributed by atoms with Gasteiger partial charge >= 0.3 is 0 Å². The van der Waals surface area contributed by atoms with Gasteiger partial charge in [0.25, 0.3) is 11.8 Å². The van der Waals surface area contributed by atoms with Crippen LogP contribution in [0.4, 0.5) is 0 Å². The summed E-state index contributed by atoms with van der Waals surface area (Å²) < 4.78 is 1.75. The van der Waals surface area contributed by atoms with Crippen LogP contribution in [-0.2, 0) is 0 Å². The normalized spacial score (nSPS) is 11.0. The maximum atomic E-state index is 12.2. The smallest absolute Gasteiger partial charge is 0.267 e. The second kappa shape index (κ2) is 10.6. The first-order chi connectivity index (χ1) is 14.5. The highest BCUT2D eigenvalue weighted by atomic mass is 79.9. The molecule has 0 aliphatic rings. The average Bonchev–Trinajstić information content (AvgIpc) is 2.76. The van der Waals surface area contributed by atoms with Gasteiger partial charge in [0, 0.05) is 31.2 Å². The lowest BCUT2D eigenvalue weighted by atomic mass is 10.1. The average molecular weight is 528 g/mol. The van der Waals surface area contributed by atoms with Crippen LogP contribution in [0.5, 0.6) is 0 Å². The third-order valence-corrected chi connectivity index (χ3v) is 5.40. The van der Waals surface area contributed by atoms with Gasteiger partial charge in [-0.1, -0.05) is 68.3 Å². The van der Waals surface area contributed by atoms with E-state index >= 15 is 0 Å². The molecule has 0 atom stereocenters. The van der Waals surface area contributed by atoms with Gasteiger partial charge in [-0.3, -0.25) is 9.59 Å². The van der Waals surface area contributed by atoms with Gasteiger partial charge in [-0.05, 0) is 36.4 Å². The molecule has 3 aromatic carbocycles. The zero-order valence-corrected chi connectivity index (χ0v) is 18.7. The Kier molecular flexibility index (Phi) is 7.64. The van der Waals surface area contributed by atoms with E-state index in [0.717, 1.165) is 20.1 Å². The van der Waals surface area contributed by atoms with Gasteiger partial charge in [0.2, 0.25) is 0 Å². The van der Waals surface area contributed by atoms with Gasteiger partial charge in [-0.2, -0.15) is 10.2 Å². The van der Waals surface area contributed by atoms with E-state index in [-0.39, 0.29) is 11.8 Å². The molecule has 0 aromatic heterocycles. The predicted molar refractivity (Wildman–Crippen MR) is 125 cm³/mol. The molecule has 2 N–H and O–H groups in total. The van der Waals surface area contributed by atoms with Crippen molar-refractivity contribution in [2.45, 2.75) is 0 Å². The molecule has 150 valence electrons. The number of carbonyl (C=O) groups excluding carboxylic acids is 2. The number of amides is 2. The van der Waals surface area contributed by atoms with Crippen molar-refractivity contribution in [1.29, 1.82) is 0 Å². The maximum absolute atomic E-state index is 12.2. The number of nitrogens with one attached hydrogen (secondary N) is 2. The Morgan fingerprint density at radius 2 is 1.00 bits per heavy atom. The van der Waals surface area contributed by atoms with Crippen molar-refractivity contribution in [3.8, 4) is 0 Å². The number of rotatable bonds is 6. The summed E-state index contributed by atoms with van der Waals surface area (Å²) in [6, 6.07) is 21.2. The largest absolute Gasteiger partial charge is 0.271 e. The summed E-state index contributed by atoms with van der Waals surface area (Å²) in [5.41, 5.74) is 7.37. The standard InChI is InChI=1S/C22H16Br2N4O2/c23-19-7-3-1-5-17(19)13-25-27-21(29)15-9-11-16(12-10-15)22(30)28-26-14-18-6-2-4-8-20(18)24/h1-14H,(H,27,29)(H,28,30)/b25-13+,26-14+. The minimum Gasteiger partial charge on any atom is -0.267 e. The summed E-state index contributed by atoms with van der Waals surface area (Å²) in [6.45, 7) is 0. The lowest BCUT2D eigenvalue weighted by molar-refractivity contribution is 0.0943. The highest BCUT2D eigenvalue weighted by Crippen LogP contribution is 2.14. The Balaban J connectivity index is 1.56. The zero-order valence-electron chi connectivity index (χ0n) is 15.5. The third-order valence-electron chi connectivity index (χ3n) is 3.96. The molecule has 30 heavy (non-hydrogen) atoms. The molecule has 0 unspecified atom stereocenters. The molecule has 0 fully saturated rings. The molecule has 0 saturated carbocycles. The van der Waals surface area contributed by atoms with Crippen molar-refractivity contribution in [1.82, 2.24) is 10.9 Å². The van der Waals surface area contributed by atoms with Gasteiger partial charge in [-0.25, -0.2) is 10.9 Å². The number of hydrogen-bond donors (Lipinski definition) is 2. The van der Waals surface area contributed by atoms with Crippen LogP contribution < -0.4 is 10.9 Å². The molecular weight excluding hydrogens is 512 g/mol. The second-order valence-corrected chi connectivity index (χ2v) is 7.73. The molecule has 3 rings (SSSR count). The summed E-state index contributed by atoms with van der Waals surface area (Å²) in [4.78, 5) is 24.4. The van der Waals surface area contributed by atoms with Gasteiger partial charge in [0.15, 0.2) is 0 Å². The molecule has 0 bridgehead atoms. The fourth-order valence-electron chi connectivity index (χ4n) is 2.38. The molecule has 0 heterocycles. The molecule has 6 nitrogen and oxygen atoms in total. The van der Waals surface area contributed by atoms with Crippen molar-refractivity contribution >= 4 is 56.1 Å². The SMILES string of the molecule is O=C(N/N=C/c1ccccc1Br)c1ccc(C(=O)N/N=C/c2ccccc2Br)cc1. The van der Waals surface area contributed by atoms with Gasteiger partial charge < -0.3 is 0 Å². The number of carbonyl (C=O) groups is 2. The Hall–Kier alpha value is -3.10. The first kappa shape index (κ1) is 21.6. The van der Waals surface area contributed by atoms with Crippen molar-refractivity contribution in [3.63, 3.8) is 0 Å². The minimum absolute atomic E-state index is 0.378. The fourth-order valence-corrected chi connectivity index (χ4v) is 3.16. The van der Waals surface area contributed by atoms with Crippen LogP contribution in [0.2, 0.25) is 0 Å². The lowest BCUT2D eigenvalue weighted by Crippen LogP contribution is -2.19. The summed E-state index contributed by atoms with van der Waals surface area (Å²) in [7, 11) is 0. The molecular formula is C22H16Br2N4O2. The van der Waals surface area contributed by atoms with Crippen LogP contribution >= 0.6 is 31.9 Å². The van der Waals surface area contributed by atoms with Crippen molar-refractivity contribution in [2.24, 2.45) is 10.2 Å². The molecule has 0 radical (unpaired) electrons.